The number of hydrogen-bond donors (Lipinski definition) is 1. The van der Waals surface area contributed by atoms with Crippen molar-refractivity contribution < 1.29 is 22.7 Å². The number of aromatic nitrogens is 4. The number of pyridine rings is 1. The van der Waals surface area contributed by atoms with Gasteiger partial charge in [-0.05, 0) is 56.7 Å². The first-order valence-corrected chi connectivity index (χ1v) is 10.9. The maximum atomic E-state index is 13.5. The van der Waals surface area contributed by atoms with Gasteiger partial charge in [0.15, 0.2) is 11.5 Å². The summed E-state index contributed by atoms with van der Waals surface area (Å²) in [5.41, 5.74) is -0.326. The van der Waals surface area contributed by atoms with Gasteiger partial charge in [-0.2, -0.15) is 13.2 Å². The average Bonchev–Trinajstić information content (AvgIpc) is 2.83. The van der Waals surface area contributed by atoms with E-state index in [1.165, 1.54) is 13.2 Å². The van der Waals surface area contributed by atoms with Crippen molar-refractivity contribution in [3.8, 4) is 11.4 Å². The van der Waals surface area contributed by atoms with E-state index >= 15 is 0 Å². The molecule has 3 aromatic heterocycles. The number of nitrogens with zero attached hydrogens (tertiary/aromatic N) is 4. The topological polar surface area (TPSA) is 89.9 Å². The molecule has 184 valence electrons. The average molecular weight is 493 g/mol. The lowest BCUT2D eigenvalue weighted by molar-refractivity contribution is -0.137. The number of ketones is 1. The van der Waals surface area contributed by atoms with E-state index in [0.717, 1.165) is 11.8 Å². The van der Waals surface area contributed by atoms with Crippen LogP contribution in [0.1, 0.15) is 37.7 Å². The molecule has 0 saturated carbocycles. The number of nitrogens with one attached hydrogen (secondary N) is 1. The minimum atomic E-state index is -4.67. The summed E-state index contributed by atoms with van der Waals surface area (Å²) in [7, 11) is 1.48. The third-order valence-corrected chi connectivity index (χ3v) is 5.85. The van der Waals surface area contributed by atoms with Gasteiger partial charge < -0.3 is 10.1 Å². The van der Waals surface area contributed by atoms with Crippen LogP contribution < -0.4 is 5.32 Å². The van der Waals surface area contributed by atoms with Crippen molar-refractivity contribution in [1.82, 2.24) is 19.9 Å². The Morgan fingerprint density at radius 1 is 1.06 bits per heavy atom. The predicted octanol–water partition coefficient (Wildman–Crippen LogP) is 5.46. The number of alkyl halides is 3. The molecular formula is C26H22F3N5O2. The second-order valence-electron chi connectivity index (χ2n) is 8.62. The lowest BCUT2D eigenvalue weighted by atomic mass is 9.81. The van der Waals surface area contributed by atoms with Crippen LogP contribution >= 0.6 is 0 Å². The highest BCUT2D eigenvalue weighted by atomic mass is 19.4. The lowest BCUT2D eigenvalue weighted by Crippen LogP contribution is -2.26. The number of methoxy groups -OCH3 is 1. The van der Waals surface area contributed by atoms with E-state index in [0.29, 0.717) is 22.7 Å². The number of benzene rings is 1. The molecule has 0 aliphatic rings. The van der Waals surface area contributed by atoms with Crippen molar-refractivity contribution in [3.63, 3.8) is 0 Å². The molecule has 7 nitrogen and oxygen atoms in total. The van der Waals surface area contributed by atoms with E-state index in [1.807, 2.05) is 38.1 Å². The number of carbonyl (C=O) groups excluding carboxylic acids is 1. The Morgan fingerprint density at radius 2 is 1.78 bits per heavy atom. The largest absolute Gasteiger partial charge is 0.426 e. The summed E-state index contributed by atoms with van der Waals surface area (Å²) in [5, 5.41) is 3.70. The molecule has 36 heavy (non-hydrogen) atoms. The molecule has 0 aliphatic carbocycles. The van der Waals surface area contributed by atoms with Gasteiger partial charge in [-0.3, -0.25) is 4.79 Å². The lowest BCUT2D eigenvalue weighted by Gasteiger charge is -2.22. The van der Waals surface area contributed by atoms with Crippen molar-refractivity contribution in [2.24, 2.45) is 0 Å². The molecule has 1 N–H and O–H groups in total. The highest BCUT2D eigenvalue weighted by molar-refractivity contribution is 5.90. The van der Waals surface area contributed by atoms with Gasteiger partial charge in [0.05, 0.1) is 17.3 Å². The Hall–Kier alpha value is -4.10. The monoisotopic (exact) mass is 493 g/mol. The van der Waals surface area contributed by atoms with E-state index < -0.39 is 17.2 Å². The molecule has 0 unspecified atom stereocenters. The van der Waals surface area contributed by atoms with E-state index in [9.17, 15) is 18.0 Å². The number of carbonyl (C=O) groups is 1. The maximum absolute atomic E-state index is 13.5. The number of Topliss-reactive ketones (excluding diaryl/α,β-unsaturated/α-hetero) is 1. The van der Waals surface area contributed by atoms with E-state index in [4.69, 9.17) is 4.74 Å². The molecule has 0 fully saturated rings. The Morgan fingerprint density at radius 3 is 2.42 bits per heavy atom. The van der Waals surface area contributed by atoms with Crippen molar-refractivity contribution in [3.05, 3.63) is 71.7 Å². The zero-order chi connectivity index (χ0) is 26.1. The van der Waals surface area contributed by atoms with Gasteiger partial charge in [-0.15, -0.1) is 0 Å². The third kappa shape index (κ3) is 4.97. The van der Waals surface area contributed by atoms with Crippen molar-refractivity contribution >= 4 is 28.3 Å². The molecule has 0 atom stereocenters. The van der Waals surface area contributed by atoms with Crippen LogP contribution in [0.25, 0.3) is 22.4 Å². The first-order valence-electron chi connectivity index (χ1n) is 10.9. The van der Waals surface area contributed by atoms with Gasteiger partial charge in [-0.1, -0.05) is 18.2 Å². The quantitative estimate of drug-likeness (QED) is 0.366. The summed E-state index contributed by atoms with van der Waals surface area (Å²) in [5.74, 6) is 0.748. The Bertz CT molecular complexity index is 1420. The summed E-state index contributed by atoms with van der Waals surface area (Å²) in [4.78, 5) is 29.0. The fourth-order valence-electron chi connectivity index (χ4n) is 3.51. The molecule has 0 amide bonds. The molecule has 0 bridgehead atoms. The SMILES string of the molecule is COCc1nc(Nc2ccc(C(C)(C)C(C)=O)cc2)c2ccc(-c3ncc#cc3C(F)(F)F)nc2n1. The number of rotatable bonds is 7. The van der Waals surface area contributed by atoms with Gasteiger partial charge in [0.25, 0.3) is 0 Å². The molecule has 0 radical (unpaired) electrons. The van der Waals surface area contributed by atoms with Crippen LogP contribution in [0.15, 0.2) is 42.6 Å². The highest BCUT2D eigenvalue weighted by Gasteiger charge is 2.35. The zero-order valence-electron chi connectivity index (χ0n) is 20.0. The molecule has 10 heteroatoms. The van der Waals surface area contributed by atoms with Crippen molar-refractivity contribution in [2.45, 2.75) is 39.0 Å². The second-order valence-corrected chi connectivity index (χ2v) is 8.62. The molecule has 0 spiro atoms. The number of anilines is 2. The minimum absolute atomic E-state index is 0.0103. The van der Waals surface area contributed by atoms with Gasteiger partial charge in [0.1, 0.15) is 29.5 Å². The predicted molar refractivity (Wildman–Crippen MR) is 127 cm³/mol. The molecule has 1 aromatic carbocycles. The Labute approximate surface area is 205 Å². The Kier molecular flexibility index (Phi) is 6.61. The normalized spacial score (nSPS) is 11.9. The van der Waals surface area contributed by atoms with Crippen molar-refractivity contribution in [1.29, 1.82) is 0 Å². The van der Waals surface area contributed by atoms with Crippen LogP contribution in [0.5, 0.6) is 0 Å². The van der Waals surface area contributed by atoms with E-state index in [2.05, 4.69) is 37.4 Å². The minimum Gasteiger partial charge on any atom is -0.377 e. The fourth-order valence-corrected chi connectivity index (χ4v) is 3.51. The number of halogens is 3. The van der Waals surface area contributed by atoms with Gasteiger partial charge >= 0.3 is 6.18 Å². The van der Waals surface area contributed by atoms with Crippen LogP contribution in [-0.2, 0) is 27.7 Å². The molecule has 3 heterocycles. The third-order valence-electron chi connectivity index (χ3n) is 5.85. The summed E-state index contributed by atoms with van der Waals surface area (Å²) in [6.45, 7) is 5.34. The highest BCUT2D eigenvalue weighted by Crippen LogP contribution is 2.35. The van der Waals surface area contributed by atoms with Crippen LogP contribution in [0.3, 0.4) is 0 Å². The number of hydrogen-bond acceptors (Lipinski definition) is 7. The molecule has 4 aromatic rings. The first-order chi connectivity index (χ1) is 17.0. The summed E-state index contributed by atoms with van der Waals surface area (Å²) < 4.78 is 45.6. The van der Waals surface area contributed by atoms with Crippen LogP contribution in [0.2, 0.25) is 0 Å². The van der Waals surface area contributed by atoms with Gasteiger partial charge in [0, 0.05) is 18.2 Å². The number of ether oxygens (including phenoxy) is 1. The van der Waals surface area contributed by atoms with Gasteiger partial charge in [-0.25, -0.2) is 19.9 Å². The molecule has 0 aliphatic heterocycles. The standard InChI is InChI=1S/C26H22F3N5O2/c1-15(35)25(2,3)16-7-9-17(10-8-16)31-23-18-11-12-20(32-24(18)34-21(33-23)14-36-4)22-19(26(27,28)29)6-5-13-30-22/h7-13H,14H2,1-4H3,(H,31,32,33,34). The van der Waals surface area contributed by atoms with Crippen molar-refractivity contribution in [2.75, 3.05) is 12.4 Å². The van der Waals surface area contributed by atoms with Crippen LogP contribution in [0, 0.1) is 12.1 Å². The molecular weight excluding hydrogens is 471 g/mol. The van der Waals surface area contributed by atoms with E-state index in [-0.39, 0.29) is 29.4 Å². The zero-order valence-corrected chi connectivity index (χ0v) is 20.0. The second kappa shape index (κ2) is 9.51. The molecule has 0 saturated heterocycles. The molecule has 4 rings (SSSR count). The summed E-state index contributed by atoms with van der Waals surface area (Å²) >= 11 is 0. The van der Waals surface area contributed by atoms with Crippen LogP contribution in [0.4, 0.5) is 24.7 Å². The smallest absolute Gasteiger partial charge is 0.377 e. The summed E-state index contributed by atoms with van der Waals surface area (Å²) in [6.07, 6.45) is -3.56. The number of fused-ring (bicyclic) bond motifs is 1. The van der Waals surface area contributed by atoms with E-state index in [1.54, 1.807) is 13.0 Å². The first kappa shape index (κ1) is 25.0. The van der Waals surface area contributed by atoms with Crippen LogP contribution in [-0.4, -0.2) is 32.8 Å². The summed E-state index contributed by atoms with van der Waals surface area (Å²) in [6, 6.07) is 14.7. The van der Waals surface area contributed by atoms with Gasteiger partial charge in [0.2, 0.25) is 0 Å². The Balaban J connectivity index is 1.76. The maximum Gasteiger partial charge on any atom is 0.426 e. The fraction of sp³-hybridized carbons (Fsp3) is 0.269.